The highest BCUT2D eigenvalue weighted by Gasteiger charge is 2.41. The van der Waals surface area contributed by atoms with Crippen molar-refractivity contribution in [1.82, 2.24) is 51.9 Å². The minimum atomic E-state index is -1.64. The Morgan fingerprint density at radius 2 is 1.27 bits per heavy atom. The van der Waals surface area contributed by atoms with E-state index in [4.69, 9.17) is 16.6 Å². The van der Waals surface area contributed by atoms with Crippen LogP contribution in [-0.2, 0) is 52.7 Å². The predicted octanol–water partition coefficient (Wildman–Crippen LogP) is -2.21. The highest BCUT2D eigenvalue weighted by atomic mass is 16.4. The van der Waals surface area contributed by atoms with E-state index in [2.05, 4.69) is 42.2 Å². The molecule has 426 valence electrons. The third-order valence-electron chi connectivity index (χ3n) is 13.1. The van der Waals surface area contributed by atoms with E-state index in [-0.39, 0.29) is 44.1 Å². The molecule has 1 fully saturated rings. The van der Waals surface area contributed by atoms with Gasteiger partial charge in [-0.2, -0.15) is 0 Å². The van der Waals surface area contributed by atoms with E-state index in [1.165, 1.54) is 25.9 Å². The van der Waals surface area contributed by atoms with Crippen LogP contribution >= 0.6 is 0 Å². The molecule has 10 amide bonds. The Balaban J connectivity index is 3.33. The number of hydrogen-bond donors (Lipinski definition) is 11. The molecule has 0 spiro atoms. The molecular weight excluding hydrogens is 979 g/mol. The molecule has 1 heterocycles. The molecule has 0 bridgehead atoms. The monoisotopic (exact) mass is 1070 g/mol. The number of carbonyl (C=O) groups is 11. The number of guanidine groups is 1. The number of carboxylic acids is 1. The molecule has 0 aromatic carbocycles. The standard InChI is InChI=1S/C49H87N13O13/c1-12-18-32(43(70)57-39(28(7)13-2)45(72)55-31(19-16-23-53-49(50)51)47(74)62-24-17-20-33(62)42(69)52-15-4)61(11)48(75)41(30(9)63)59-46(73)40(29(8)14-3)58-44(71)38(27(5)6)56-34(64)25-54-35(65)26-60(10)36(66)21-22-37(67)68/h27-33,38-41,63H,12-26H2,1-11H3,(H,52,69)(H,54,65)(H,55,72)(H,56,64)(H,57,70)(H,58,71)(H,59,73)(H,67,68)(H4,50,51,53)/t28-,29-,30+,31-,32-,33-,38-,39-,40+,41-/m0/s1. The van der Waals surface area contributed by atoms with Crippen molar-refractivity contribution < 1.29 is 63.0 Å². The number of likely N-dealkylation sites (tertiary alicyclic amines) is 1. The Morgan fingerprint density at radius 3 is 1.79 bits per heavy atom. The topological polar surface area (TPSA) is 387 Å². The average molecular weight is 1070 g/mol. The van der Waals surface area contributed by atoms with Gasteiger partial charge in [-0.3, -0.25) is 57.7 Å². The fourth-order valence-electron chi connectivity index (χ4n) is 8.20. The number of aliphatic carboxylic acids is 1. The van der Waals surface area contributed by atoms with E-state index in [1.54, 1.807) is 48.5 Å². The Labute approximate surface area is 440 Å². The number of aliphatic imine (C=N–C) groups is 1. The van der Waals surface area contributed by atoms with Gasteiger partial charge in [0.25, 0.3) is 0 Å². The SMILES string of the molecule is CCC[C@@H](C(=O)N[C@H](C(=O)N[C@@H](CCCN=C(N)N)C(=O)N1CCC[C@H]1C(=O)NCC)[C@@H](C)CC)N(C)C(=O)[C@@H](NC(=O)[C@H](NC(=O)[C@@H](NC(=O)CNC(=O)CN(C)C(=O)CCC(=O)O)C(C)C)[C@@H](C)CC)[C@@H](C)O. The number of carboxylic acid groups (broad SMARTS) is 1. The Bertz CT molecular complexity index is 2000. The maximum Gasteiger partial charge on any atom is 0.303 e. The molecule has 1 rings (SSSR count). The largest absolute Gasteiger partial charge is 0.481 e. The summed E-state index contributed by atoms with van der Waals surface area (Å²) in [5, 5.41) is 38.3. The molecule has 0 aliphatic carbocycles. The third-order valence-corrected chi connectivity index (χ3v) is 13.1. The van der Waals surface area contributed by atoms with E-state index < -0.39 is 145 Å². The summed E-state index contributed by atoms with van der Waals surface area (Å²) >= 11 is 0. The van der Waals surface area contributed by atoms with Crippen LogP contribution in [0.2, 0.25) is 0 Å². The van der Waals surface area contributed by atoms with Gasteiger partial charge in [0.15, 0.2) is 5.96 Å². The summed E-state index contributed by atoms with van der Waals surface area (Å²) in [6.45, 7) is 14.8. The number of nitrogens with zero attached hydrogens (tertiary/aromatic N) is 4. The molecule has 1 aliphatic rings. The smallest absolute Gasteiger partial charge is 0.303 e. The van der Waals surface area contributed by atoms with Gasteiger partial charge in [0.05, 0.1) is 25.6 Å². The first kappa shape index (κ1) is 66.4. The summed E-state index contributed by atoms with van der Waals surface area (Å²) in [5.74, 6) is -9.68. The number of likely N-dealkylation sites (N-methyl/N-ethyl adjacent to an activating group) is 3. The predicted molar refractivity (Wildman–Crippen MR) is 277 cm³/mol. The summed E-state index contributed by atoms with van der Waals surface area (Å²) in [7, 11) is 2.62. The van der Waals surface area contributed by atoms with Gasteiger partial charge in [0, 0.05) is 40.2 Å². The molecule has 0 radical (unpaired) electrons. The number of nitrogens with one attached hydrogen (secondary N) is 7. The second kappa shape index (κ2) is 33.3. The van der Waals surface area contributed by atoms with Gasteiger partial charge in [-0.05, 0) is 63.7 Å². The van der Waals surface area contributed by atoms with Crippen molar-refractivity contribution >= 4 is 71.0 Å². The molecule has 0 aromatic rings. The quantitative estimate of drug-likeness (QED) is 0.0189. The van der Waals surface area contributed by atoms with Crippen molar-refractivity contribution in [3.05, 3.63) is 0 Å². The van der Waals surface area contributed by atoms with Crippen molar-refractivity contribution in [2.45, 2.75) is 175 Å². The third kappa shape index (κ3) is 22.0. The highest BCUT2D eigenvalue weighted by molar-refractivity contribution is 5.98. The van der Waals surface area contributed by atoms with E-state index in [1.807, 2.05) is 6.92 Å². The van der Waals surface area contributed by atoms with Crippen LogP contribution in [0.4, 0.5) is 0 Å². The molecule has 75 heavy (non-hydrogen) atoms. The minimum Gasteiger partial charge on any atom is -0.481 e. The minimum absolute atomic E-state index is 0.0916. The molecule has 10 atom stereocenters. The van der Waals surface area contributed by atoms with Gasteiger partial charge in [-0.25, -0.2) is 0 Å². The van der Waals surface area contributed by atoms with Gasteiger partial charge in [-0.1, -0.05) is 67.7 Å². The van der Waals surface area contributed by atoms with E-state index >= 15 is 0 Å². The summed E-state index contributed by atoms with van der Waals surface area (Å²) in [5.41, 5.74) is 11.0. The fourth-order valence-corrected chi connectivity index (χ4v) is 8.20. The lowest BCUT2D eigenvalue weighted by atomic mass is 9.95. The second-order valence-electron chi connectivity index (χ2n) is 19.5. The summed E-state index contributed by atoms with van der Waals surface area (Å²) in [6, 6.07) is -8.44. The Hall–Kier alpha value is -6.60. The van der Waals surface area contributed by atoms with E-state index in [0.29, 0.717) is 45.2 Å². The second-order valence-corrected chi connectivity index (χ2v) is 19.5. The fraction of sp³-hybridized carbons (Fsp3) is 0.755. The maximum absolute atomic E-state index is 14.3. The van der Waals surface area contributed by atoms with Gasteiger partial charge in [0.2, 0.25) is 59.1 Å². The normalized spacial score (nSPS) is 16.7. The van der Waals surface area contributed by atoms with Crippen molar-refractivity contribution in [2.24, 2.45) is 34.2 Å². The van der Waals surface area contributed by atoms with Crippen molar-refractivity contribution in [2.75, 3.05) is 46.8 Å². The van der Waals surface area contributed by atoms with Crippen LogP contribution in [0.3, 0.4) is 0 Å². The van der Waals surface area contributed by atoms with Gasteiger partial charge in [0.1, 0.15) is 42.3 Å². The van der Waals surface area contributed by atoms with Crippen molar-refractivity contribution in [3.63, 3.8) is 0 Å². The molecule has 1 aliphatic heterocycles. The highest BCUT2D eigenvalue weighted by Crippen LogP contribution is 2.21. The zero-order chi connectivity index (χ0) is 57.3. The molecule has 26 nitrogen and oxygen atoms in total. The number of hydrogen-bond acceptors (Lipinski definition) is 13. The summed E-state index contributed by atoms with van der Waals surface area (Å²) < 4.78 is 0. The molecule has 26 heteroatoms. The van der Waals surface area contributed by atoms with Crippen LogP contribution in [0, 0.1) is 17.8 Å². The van der Waals surface area contributed by atoms with E-state index in [9.17, 15) is 57.8 Å². The maximum atomic E-state index is 14.3. The zero-order valence-corrected chi connectivity index (χ0v) is 45.8. The van der Waals surface area contributed by atoms with Crippen molar-refractivity contribution in [3.8, 4) is 0 Å². The number of aliphatic hydroxyl groups excluding tert-OH is 1. The number of amides is 10. The van der Waals surface area contributed by atoms with Crippen LogP contribution in [0.1, 0.15) is 127 Å². The lowest BCUT2D eigenvalue weighted by Crippen LogP contribution is -2.63. The Kier molecular flexibility index (Phi) is 29.5. The first-order chi connectivity index (χ1) is 35.2. The van der Waals surface area contributed by atoms with Gasteiger partial charge < -0.3 is 73.6 Å². The zero-order valence-electron chi connectivity index (χ0n) is 45.8. The Morgan fingerprint density at radius 1 is 0.707 bits per heavy atom. The van der Waals surface area contributed by atoms with Gasteiger partial charge in [-0.15, -0.1) is 0 Å². The number of aliphatic hydroxyl groups is 1. The molecule has 13 N–H and O–H groups in total. The average Bonchev–Trinajstić information content (AvgIpc) is 3.85. The molecule has 0 saturated carbocycles. The van der Waals surface area contributed by atoms with Crippen LogP contribution in [0.5, 0.6) is 0 Å². The first-order valence-corrected chi connectivity index (χ1v) is 26.0. The van der Waals surface area contributed by atoms with Gasteiger partial charge >= 0.3 is 5.97 Å². The summed E-state index contributed by atoms with van der Waals surface area (Å²) in [4.78, 5) is 154. The van der Waals surface area contributed by atoms with Crippen LogP contribution in [0.25, 0.3) is 0 Å². The molecular formula is C49H87N13O13. The lowest BCUT2D eigenvalue weighted by molar-refractivity contribution is -0.146. The summed E-state index contributed by atoms with van der Waals surface area (Å²) in [6.07, 6.45) is 0.387. The van der Waals surface area contributed by atoms with Crippen LogP contribution in [-0.4, -0.2) is 191 Å². The van der Waals surface area contributed by atoms with Crippen LogP contribution < -0.4 is 48.7 Å². The van der Waals surface area contributed by atoms with Crippen LogP contribution in [0.15, 0.2) is 4.99 Å². The lowest BCUT2D eigenvalue weighted by Gasteiger charge is -2.35. The number of carbonyl (C=O) groups excluding carboxylic acids is 10. The molecule has 0 unspecified atom stereocenters. The van der Waals surface area contributed by atoms with Crippen molar-refractivity contribution in [1.29, 1.82) is 0 Å². The first-order valence-electron chi connectivity index (χ1n) is 26.0. The van der Waals surface area contributed by atoms with E-state index in [0.717, 1.165) is 9.80 Å². The molecule has 0 aromatic heterocycles. The number of nitrogens with two attached hydrogens (primary N) is 2. The number of rotatable bonds is 33. The molecule has 1 saturated heterocycles.